The molecule has 0 radical (unpaired) electrons. The lowest BCUT2D eigenvalue weighted by Crippen LogP contribution is -2.12. The van der Waals surface area contributed by atoms with Gasteiger partial charge in [0, 0.05) is 25.6 Å². The lowest BCUT2D eigenvalue weighted by atomic mass is 10.1. The van der Waals surface area contributed by atoms with E-state index in [1.54, 1.807) is 6.33 Å². The average Bonchev–Trinajstić information content (AvgIpc) is 2.67. The van der Waals surface area contributed by atoms with Crippen LogP contribution in [0.25, 0.3) is 11.0 Å². The molecule has 1 heterocycles. The minimum atomic E-state index is 0.155. The molecule has 0 bridgehead atoms. The van der Waals surface area contributed by atoms with Gasteiger partial charge in [0.1, 0.15) is 0 Å². The number of hydrogen-bond donors (Lipinski definition) is 1. The highest BCUT2D eigenvalue weighted by atomic mass is 16.1. The second kappa shape index (κ2) is 4.45. The number of aromatic nitrogens is 2. The first kappa shape index (κ1) is 10.8. The summed E-state index contributed by atoms with van der Waals surface area (Å²) < 4.78 is 1.94. The Hall–Kier alpha value is -1.68. The van der Waals surface area contributed by atoms with Crippen molar-refractivity contribution in [2.75, 3.05) is 13.6 Å². The van der Waals surface area contributed by atoms with Gasteiger partial charge < -0.3 is 9.88 Å². The van der Waals surface area contributed by atoms with Crippen molar-refractivity contribution in [1.29, 1.82) is 0 Å². The number of ketones is 1. The van der Waals surface area contributed by atoms with Crippen LogP contribution in [0.2, 0.25) is 0 Å². The molecule has 16 heavy (non-hydrogen) atoms. The van der Waals surface area contributed by atoms with Gasteiger partial charge in [0.15, 0.2) is 5.78 Å². The number of nitrogens with one attached hydrogen (secondary N) is 1. The number of aryl methyl sites for hydroxylation is 1. The standard InChI is InChI=1S/C12H15N3O/c1-13-6-5-12(16)9-3-4-11-10(7-9)14-8-15(11)2/h3-4,7-8,13H,5-6H2,1-2H3. The van der Waals surface area contributed by atoms with Gasteiger partial charge in [-0.15, -0.1) is 0 Å². The van der Waals surface area contributed by atoms with Crippen molar-refractivity contribution < 1.29 is 4.79 Å². The van der Waals surface area contributed by atoms with Crippen LogP contribution in [0.5, 0.6) is 0 Å². The van der Waals surface area contributed by atoms with E-state index in [2.05, 4.69) is 10.3 Å². The van der Waals surface area contributed by atoms with Crippen LogP contribution in [-0.4, -0.2) is 28.9 Å². The third-order valence-corrected chi connectivity index (χ3v) is 2.65. The topological polar surface area (TPSA) is 46.9 Å². The molecule has 2 aromatic rings. The summed E-state index contributed by atoms with van der Waals surface area (Å²) in [5, 5.41) is 2.97. The fourth-order valence-corrected chi connectivity index (χ4v) is 1.69. The third kappa shape index (κ3) is 1.97. The summed E-state index contributed by atoms with van der Waals surface area (Å²) in [4.78, 5) is 16.0. The number of hydrogen-bond acceptors (Lipinski definition) is 3. The van der Waals surface area contributed by atoms with Crippen molar-refractivity contribution in [3.63, 3.8) is 0 Å². The molecule has 1 N–H and O–H groups in total. The Morgan fingerprint density at radius 2 is 2.31 bits per heavy atom. The predicted molar refractivity (Wildman–Crippen MR) is 63.6 cm³/mol. The zero-order chi connectivity index (χ0) is 11.5. The van der Waals surface area contributed by atoms with Crippen molar-refractivity contribution in [1.82, 2.24) is 14.9 Å². The van der Waals surface area contributed by atoms with Crippen molar-refractivity contribution in [2.45, 2.75) is 6.42 Å². The van der Waals surface area contributed by atoms with Crippen LogP contribution >= 0.6 is 0 Å². The normalized spacial score (nSPS) is 10.9. The molecule has 0 saturated heterocycles. The summed E-state index contributed by atoms with van der Waals surface area (Å²) >= 11 is 0. The summed E-state index contributed by atoms with van der Waals surface area (Å²) in [5.41, 5.74) is 2.66. The lowest BCUT2D eigenvalue weighted by molar-refractivity contribution is 0.0983. The molecule has 0 aliphatic carbocycles. The molecule has 0 aliphatic heterocycles. The van der Waals surface area contributed by atoms with Crippen LogP contribution < -0.4 is 5.32 Å². The van der Waals surface area contributed by atoms with Crippen LogP contribution in [0, 0.1) is 0 Å². The Balaban J connectivity index is 2.29. The van der Waals surface area contributed by atoms with E-state index in [0.29, 0.717) is 13.0 Å². The Bertz CT molecular complexity index is 516. The van der Waals surface area contributed by atoms with E-state index in [9.17, 15) is 4.79 Å². The van der Waals surface area contributed by atoms with Crippen LogP contribution in [0.1, 0.15) is 16.8 Å². The molecule has 0 spiro atoms. The van der Waals surface area contributed by atoms with Crippen LogP contribution in [0.4, 0.5) is 0 Å². The molecule has 0 atom stereocenters. The maximum absolute atomic E-state index is 11.8. The van der Waals surface area contributed by atoms with E-state index in [0.717, 1.165) is 16.6 Å². The average molecular weight is 217 g/mol. The SMILES string of the molecule is CNCCC(=O)c1ccc2c(c1)ncn2C. The fourth-order valence-electron chi connectivity index (χ4n) is 1.69. The van der Waals surface area contributed by atoms with Gasteiger partial charge in [-0.05, 0) is 25.2 Å². The smallest absolute Gasteiger partial charge is 0.164 e. The molecular formula is C12H15N3O. The molecule has 0 aliphatic rings. The summed E-state index contributed by atoms with van der Waals surface area (Å²) in [6, 6.07) is 5.66. The van der Waals surface area contributed by atoms with E-state index < -0.39 is 0 Å². The van der Waals surface area contributed by atoms with Gasteiger partial charge in [-0.2, -0.15) is 0 Å². The third-order valence-electron chi connectivity index (χ3n) is 2.65. The monoisotopic (exact) mass is 217 g/mol. The Morgan fingerprint density at radius 3 is 3.06 bits per heavy atom. The van der Waals surface area contributed by atoms with Gasteiger partial charge in [-0.25, -0.2) is 4.98 Å². The highest BCUT2D eigenvalue weighted by Gasteiger charge is 2.07. The molecule has 84 valence electrons. The maximum Gasteiger partial charge on any atom is 0.164 e. The molecule has 1 aromatic carbocycles. The molecule has 4 nitrogen and oxygen atoms in total. The molecule has 0 fully saturated rings. The number of Topliss-reactive ketones (excluding diaryl/α,β-unsaturated/α-hetero) is 1. The van der Waals surface area contributed by atoms with Crippen LogP contribution in [0.3, 0.4) is 0 Å². The number of fused-ring (bicyclic) bond motifs is 1. The van der Waals surface area contributed by atoms with Crippen LogP contribution in [-0.2, 0) is 7.05 Å². The molecular weight excluding hydrogens is 202 g/mol. The highest BCUT2D eigenvalue weighted by molar-refractivity contribution is 5.98. The fraction of sp³-hybridized carbons (Fsp3) is 0.333. The van der Waals surface area contributed by atoms with E-state index >= 15 is 0 Å². The first-order chi connectivity index (χ1) is 7.72. The number of imidazole rings is 1. The number of carbonyl (C=O) groups is 1. The number of rotatable bonds is 4. The van der Waals surface area contributed by atoms with Crippen molar-refractivity contribution in [3.8, 4) is 0 Å². The molecule has 2 rings (SSSR count). The second-order valence-electron chi connectivity index (χ2n) is 3.84. The molecule has 1 aromatic heterocycles. The first-order valence-corrected chi connectivity index (χ1v) is 5.31. The van der Waals surface area contributed by atoms with Crippen LogP contribution in [0.15, 0.2) is 24.5 Å². The number of benzene rings is 1. The quantitative estimate of drug-likeness (QED) is 0.787. The number of carbonyl (C=O) groups excluding carboxylic acids is 1. The Morgan fingerprint density at radius 1 is 1.50 bits per heavy atom. The predicted octanol–water partition coefficient (Wildman–Crippen LogP) is 1.37. The summed E-state index contributed by atoms with van der Waals surface area (Å²) in [7, 11) is 3.78. The van der Waals surface area contributed by atoms with Gasteiger partial charge in [0.2, 0.25) is 0 Å². The van der Waals surface area contributed by atoms with Gasteiger partial charge in [-0.1, -0.05) is 0 Å². The number of nitrogens with zero attached hydrogens (tertiary/aromatic N) is 2. The van der Waals surface area contributed by atoms with E-state index in [-0.39, 0.29) is 5.78 Å². The summed E-state index contributed by atoms with van der Waals surface area (Å²) in [5.74, 6) is 0.155. The van der Waals surface area contributed by atoms with E-state index in [4.69, 9.17) is 0 Å². The van der Waals surface area contributed by atoms with Crippen molar-refractivity contribution in [2.24, 2.45) is 7.05 Å². The largest absolute Gasteiger partial charge is 0.334 e. The van der Waals surface area contributed by atoms with Gasteiger partial charge in [0.05, 0.1) is 17.4 Å². The molecule has 0 saturated carbocycles. The zero-order valence-electron chi connectivity index (χ0n) is 9.53. The zero-order valence-corrected chi connectivity index (χ0v) is 9.53. The van der Waals surface area contributed by atoms with E-state index in [1.165, 1.54) is 0 Å². The van der Waals surface area contributed by atoms with Gasteiger partial charge >= 0.3 is 0 Å². The van der Waals surface area contributed by atoms with Crippen molar-refractivity contribution in [3.05, 3.63) is 30.1 Å². The molecule has 4 heteroatoms. The Kier molecular flexibility index (Phi) is 3.01. The maximum atomic E-state index is 11.8. The Labute approximate surface area is 94.3 Å². The second-order valence-corrected chi connectivity index (χ2v) is 3.84. The lowest BCUT2D eigenvalue weighted by Gasteiger charge is -2.01. The summed E-state index contributed by atoms with van der Waals surface area (Å²) in [6.45, 7) is 0.707. The summed E-state index contributed by atoms with van der Waals surface area (Å²) in [6.07, 6.45) is 2.28. The van der Waals surface area contributed by atoms with E-state index in [1.807, 2.05) is 36.9 Å². The van der Waals surface area contributed by atoms with Crippen molar-refractivity contribution >= 4 is 16.8 Å². The highest BCUT2D eigenvalue weighted by Crippen LogP contribution is 2.14. The minimum Gasteiger partial charge on any atom is -0.334 e. The van der Waals surface area contributed by atoms with Gasteiger partial charge in [-0.3, -0.25) is 4.79 Å². The first-order valence-electron chi connectivity index (χ1n) is 5.31. The molecule has 0 amide bonds. The minimum absolute atomic E-state index is 0.155. The van der Waals surface area contributed by atoms with Gasteiger partial charge in [0.25, 0.3) is 0 Å². The molecule has 0 unspecified atom stereocenters.